The van der Waals surface area contributed by atoms with Gasteiger partial charge in [0.15, 0.2) is 11.7 Å². The summed E-state index contributed by atoms with van der Waals surface area (Å²) in [5, 5.41) is 0. The first kappa shape index (κ1) is 12.6. The average Bonchev–Trinajstić information content (AvgIpc) is 2.86. The molecule has 96 valence electrons. The fraction of sp³-hybridized carbons (Fsp3) is 0.357. The van der Waals surface area contributed by atoms with Crippen molar-refractivity contribution in [2.24, 2.45) is 5.73 Å². The van der Waals surface area contributed by atoms with Crippen molar-refractivity contribution in [3.63, 3.8) is 0 Å². The first-order valence-electron chi connectivity index (χ1n) is 6.21. The van der Waals surface area contributed by atoms with Crippen molar-refractivity contribution in [3.05, 3.63) is 36.4 Å². The Balaban J connectivity index is 2.15. The lowest BCUT2D eigenvalue weighted by molar-refractivity contribution is 0.317. The highest BCUT2D eigenvalue weighted by Gasteiger charge is 2.06. The highest BCUT2D eigenvalue weighted by molar-refractivity contribution is 5.58. The molecule has 1 aromatic carbocycles. The molecule has 1 heterocycles. The smallest absolute Gasteiger partial charge is 0.196 e. The third-order valence-electron chi connectivity index (χ3n) is 2.50. The van der Waals surface area contributed by atoms with Gasteiger partial charge in [-0.15, -0.1) is 0 Å². The molecule has 0 aliphatic carbocycles. The molecule has 0 radical (unpaired) electrons. The molecule has 0 saturated carbocycles. The lowest BCUT2D eigenvalue weighted by Gasteiger charge is -2.05. The number of ether oxygens (including phenoxy) is 1. The number of nitrogens with two attached hydrogens (primary N) is 1. The van der Waals surface area contributed by atoms with Crippen LogP contribution in [0.1, 0.15) is 19.2 Å². The Hall–Kier alpha value is -1.81. The van der Waals surface area contributed by atoms with Crippen molar-refractivity contribution >= 4 is 0 Å². The van der Waals surface area contributed by atoms with E-state index >= 15 is 0 Å². The number of hydrogen-bond acceptors (Lipinski definition) is 4. The van der Waals surface area contributed by atoms with E-state index < -0.39 is 0 Å². The Kier molecular flexibility index (Phi) is 4.36. The minimum Gasteiger partial charge on any atom is -0.494 e. The number of rotatable bonds is 6. The first-order valence-corrected chi connectivity index (χ1v) is 6.21. The van der Waals surface area contributed by atoms with E-state index in [2.05, 4.69) is 11.9 Å². The second-order valence-electron chi connectivity index (χ2n) is 4.03. The summed E-state index contributed by atoms with van der Waals surface area (Å²) in [4.78, 5) is 4.19. The summed E-state index contributed by atoms with van der Waals surface area (Å²) in [6.45, 7) is 3.34. The van der Waals surface area contributed by atoms with Gasteiger partial charge < -0.3 is 14.9 Å². The van der Waals surface area contributed by atoms with Crippen molar-refractivity contribution in [3.8, 4) is 17.1 Å². The van der Waals surface area contributed by atoms with Crippen LogP contribution in [0.15, 0.2) is 34.9 Å². The van der Waals surface area contributed by atoms with Crippen molar-refractivity contribution in [1.29, 1.82) is 0 Å². The van der Waals surface area contributed by atoms with Gasteiger partial charge in [-0.3, -0.25) is 0 Å². The van der Waals surface area contributed by atoms with Crippen LogP contribution in [0.5, 0.6) is 5.75 Å². The van der Waals surface area contributed by atoms with E-state index in [1.54, 1.807) is 6.20 Å². The maximum atomic E-state index is 5.62. The van der Waals surface area contributed by atoms with E-state index in [9.17, 15) is 0 Å². The molecule has 0 saturated heterocycles. The highest BCUT2D eigenvalue weighted by atomic mass is 16.5. The zero-order valence-electron chi connectivity index (χ0n) is 10.6. The second kappa shape index (κ2) is 6.21. The molecular formula is C14H18N2O2. The molecule has 18 heavy (non-hydrogen) atoms. The molecule has 4 heteroatoms. The molecule has 0 spiro atoms. The molecule has 0 atom stereocenters. The molecule has 0 aliphatic rings. The molecule has 0 bridgehead atoms. The molecule has 1 aromatic heterocycles. The molecule has 0 fully saturated rings. The van der Waals surface area contributed by atoms with E-state index in [1.165, 1.54) is 0 Å². The predicted molar refractivity (Wildman–Crippen MR) is 70.5 cm³/mol. The van der Waals surface area contributed by atoms with Gasteiger partial charge >= 0.3 is 0 Å². The zero-order chi connectivity index (χ0) is 12.8. The molecule has 4 nitrogen and oxygen atoms in total. The van der Waals surface area contributed by atoms with Crippen LogP contribution in [0.25, 0.3) is 11.3 Å². The van der Waals surface area contributed by atoms with Gasteiger partial charge in [0.25, 0.3) is 0 Å². The second-order valence-corrected chi connectivity index (χ2v) is 4.03. The molecule has 2 aromatic rings. The third kappa shape index (κ3) is 3.11. The molecule has 0 aliphatic heterocycles. The van der Waals surface area contributed by atoms with Gasteiger partial charge in [-0.25, -0.2) is 4.98 Å². The van der Waals surface area contributed by atoms with Gasteiger partial charge in [0, 0.05) is 18.5 Å². The summed E-state index contributed by atoms with van der Waals surface area (Å²) in [6, 6.07) is 7.83. The van der Waals surface area contributed by atoms with E-state index in [-0.39, 0.29) is 0 Å². The summed E-state index contributed by atoms with van der Waals surface area (Å²) in [6.07, 6.45) is 3.38. The van der Waals surface area contributed by atoms with Crippen LogP contribution in [0.3, 0.4) is 0 Å². The van der Waals surface area contributed by atoms with Crippen LogP contribution in [-0.2, 0) is 6.42 Å². The van der Waals surface area contributed by atoms with Gasteiger partial charge in [-0.2, -0.15) is 0 Å². The maximum Gasteiger partial charge on any atom is 0.196 e. The predicted octanol–water partition coefficient (Wildman–Crippen LogP) is 2.63. The van der Waals surface area contributed by atoms with Crippen molar-refractivity contribution < 1.29 is 9.15 Å². The largest absolute Gasteiger partial charge is 0.494 e. The zero-order valence-corrected chi connectivity index (χ0v) is 10.6. The summed E-state index contributed by atoms with van der Waals surface area (Å²) in [7, 11) is 0. The lowest BCUT2D eigenvalue weighted by Crippen LogP contribution is -2.02. The Morgan fingerprint density at radius 2 is 2.28 bits per heavy atom. The van der Waals surface area contributed by atoms with Crippen molar-refractivity contribution in [2.75, 3.05) is 13.2 Å². The average molecular weight is 246 g/mol. The normalized spacial score (nSPS) is 10.6. The summed E-state index contributed by atoms with van der Waals surface area (Å²) < 4.78 is 11.2. The summed E-state index contributed by atoms with van der Waals surface area (Å²) in [5.74, 6) is 2.28. The standard InChI is InChI=1S/C14H18N2O2/c1-2-8-17-12-5-3-4-11(9-12)13-10-16-14(18-13)6-7-15/h3-5,9-10H,2,6-8,15H2,1H3. The van der Waals surface area contributed by atoms with E-state index in [0.29, 0.717) is 18.9 Å². The summed E-state index contributed by atoms with van der Waals surface area (Å²) in [5.41, 5.74) is 6.44. The maximum absolute atomic E-state index is 5.62. The molecule has 0 unspecified atom stereocenters. The molecule has 2 rings (SSSR count). The van der Waals surface area contributed by atoms with E-state index in [1.807, 2.05) is 24.3 Å². The Morgan fingerprint density at radius 3 is 3.06 bits per heavy atom. The fourth-order valence-electron chi connectivity index (χ4n) is 1.64. The van der Waals surface area contributed by atoms with Crippen molar-refractivity contribution in [2.45, 2.75) is 19.8 Å². The van der Waals surface area contributed by atoms with Gasteiger partial charge in [0.05, 0.1) is 12.8 Å². The van der Waals surface area contributed by atoms with Crippen LogP contribution in [0.4, 0.5) is 0 Å². The van der Waals surface area contributed by atoms with Gasteiger partial charge in [0.2, 0.25) is 0 Å². The van der Waals surface area contributed by atoms with Crippen LogP contribution in [0.2, 0.25) is 0 Å². The van der Waals surface area contributed by atoms with Crippen molar-refractivity contribution in [1.82, 2.24) is 4.98 Å². The number of nitrogens with zero attached hydrogens (tertiary/aromatic N) is 1. The van der Waals surface area contributed by atoms with E-state index in [4.69, 9.17) is 14.9 Å². The number of aromatic nitrogens is 1. The van der Waals surface area contributed by atoms with Gasteiger partial charge in [-0.05, 0) is 18.6 Å². The quantitative estimate of drug-likeness (QED) is 0.851. The van der Waals surface area contributed by atoms with Crippen LogP contribution in [-0.4, -0.2) is 18.1 Å². The SMILES string of the molecule is CCCOc1cccc(-c2cnc(CCN)o2)c1. The molecule has 2 N–H and O–H groups in total. The molecular weight excluding hydrogens is 228 g/mol. The minimum absolute atomic E-state index is 0.541. The Labute approximate surface area is 107 Å². The number of hydrogen-bond donors (Lipinski definition) is 1. The van der Waals surface area contributed by atoms with Crippen LogP contribution in [0, 0.1) is 0 Å². The first-order chi connectivity index (χ1) is 8.83. The third-order valence-corrected chi connectivity index (χ3v) is 2.50. The Bertz CT molecular complexity index is 494. The fourth-order valence-corrected chi connectivity index (χ4v) is 1.64. The Morgan fingerprint density at radius 1 is 1.39 bits per heavy atom. The minimum atomic E-state index is 0.541. The van der Waals surface area contributed by atoms with Crippen LogP contribution >= 0.6 is 0 Å². The monoisotopic (exact) mass is 246 g/mol. The van der Waals surface area contributed by atoms with Gasteiger partial charge in [-0.1, -0.05) is 19.1 Å². The lowest BCUT2D eigenvalue weighted by atomic mass is 10.2. The van der Waals surface area contributed by atoms with Crippen LogP contribution < -0.4 is 10.5 Å². The molecule has 0 amide bonds. The highest BCUT2D eigenvalue weighted by Crippen LogP contribution is 2.24. The van der Waals surface area contributed by atoms with Gasteiger partial charge in [0.1, 0.15) is 5.75 Å². The van der Waals surface area contributed by atoms with E-state index in [0.717, 1.165) is 30.1 Å². The number of benzene rings is 1. The topological polar surface area (TPSA) is 61.3 Å². The summed E-state index contributed by atoms with van der Waals surface area (Å²) >= 11 is 0. The number of oxazole rings is 1.